The summed E-state index contributed by atoms with van der Waals surface area (Å²) >= 11 is 0. The van der Waals surface area contributed by atoms with Gasteiger partial charge in [-0.05, 0) is 51.8 Å². The second-order valence-electron chi connectivity index (χ2n) is 7.33. The number of aryl methyl sites for hydroxylation is 2. The number of rotatable bonds is 7. The van der Waals surface area contributed by atoms with Gasteiger partial charge in [-0.1, -0.05) is 30.2 Å². The van der Waals surface area contributed by atoms with Crippen molar-refractivity contribution in [3.8, 4) is 0 Å². The number of carbonyl (C=O) groups excluding carboxylic acids is 1. The van der Waals surface area contributed by atoms with Crippen LogP contribution in [0.1, 0.15) is 48.9 Å². The number of hydrogen-bond donors (Lipinski definition) is 2. The molecule has 1 saturated carbocycles. The molecule has 0 heterocycles. The third-order valence-corrected chi connectivity index (χ3v) is 5.05. The van der Waals surface area contributed by atoms with Gasteiger partial charge in [0, 0.05) is 18.6 Å². The van der Waals surface area contributed by atoms with Gasteiger partial charge in [-0.2, -0.15) is 0 Å². The maximum Gasteiger partial charge on any atom is 0.234 e. The molecule has 1 fully saturated rings. The van der Waals surface area contributed by atoms with Crippen LogP contribution in [0.2, 0.25) is 0 Å². The van der Waals surface area contributed by atoms with Crippen LogP contribution < -0.4 is 5.32 Å². The Labute approximate surface area is 139 Å². The zero-order chi connectivity index (χ0) is 17.0. The van der Waals surface area contributed by atoms with E-state index in [1.165, 1.54) is 23.1 Å². The van der Waals surface area contributed by atoms with Crippen molar-refractivity contribution >= 4 is 5.91 Å². The Bertz CT molecular complexity index is 547. The Balaban J connectivity index is 1.87. The molecule has 4 heteroatoms. The third kappa shape index (κ3) is 4.55. The van der Waals surface area contributed by atoms with Gasteiger partial charge in [0.1, 0.15) is 0 Å². The second kappa shape index (κ2) is 7.45. The van der Waals surface area contributed by atoms with Gasteiger partial charge >= 0.3 is 0 Å². The molecule has 1 aromatic carbocycles. The summed E-state index contributed by atoms with van der Waals surface area (Å²) < 4.78 is 0. The molecule has 0 unspecified atom stereocenters. The van der Waals surface area contributed by atoms with Crippen LogP contribution in [0.4, 0.5) is 0 Å². The average molecular weight is 318 g/mol. The quantitative estimate of drug-likeness (QED) is 0.812. The summed E-state index contributed by atoms with van der Waals surface area (Å²) in [6, 6.07) is 6.33. The third-order valence-electron chi connectivity index (χ3n) is 5.05. The van der Waals surface area contributed by atoms with Gasteiger partial charge in [0.05, 0.1) is 12.6 Å². The number of nitrogens with zero attached hydrogens (tertiary/aromatic N) is 1. The number of nitrogens with one attached hydrogen (secondary N) is 1. The first-order valence-corrected chi connectivity index (χ1v) is 8.51. The van der Waals surface area contributed by atoms with Crippen LogP contribution in [0, 0.1) is 19.3 Å². The molecule has 0 radical (unpaired) electrons. The highest BCUT2D eigenvalue weighted by Gasteiger charge is 2.37. The summed E-state index contributed by atoms with van der Waals surface area (Å²) in [7, 11) is 1.96. The number of carbonyl (C=O) groups is 1. The van der Waals surface area contributed by atoms with Crippen LogP contribution in [0.5, 0.6) is 0 Å². The molecule has 0 bridgehead atoms. The maximum absolute atomic E-state index is 12.3. The molecule has 1 aliphatic carbocycles. The van der Waals surface area contributed by atoms with Gasteiger partial charge in [0.25, 0.3) is 0 Å². The van der Waals surface area contributed by atoms with E-state index in [0.717, 1.165) is 19.4 Å². The van der Waals surface area contributed by atoms with E-state index in [1.54, 1.807) is 0 Å². The highest BCUT2D eigenvalue weighted by atomic mass is 16.3. The van der Waals surface area contributed by atoms with Crippen molar-refractivity contribution in [2.24, 2.45) is 5.41 Å². The molecule has 2 N–H and O–H groups in total. The predicted octanol–water partition coefficient (Wildman–Crippen LogP) is 2.58. The Hall–Kier alpha value is -1.39. The molecule has 0 aromatic heterocycles. The van der Waals surface area contributed by atoms with Crippen LogP contribution in [-0.4, -0.2) is 42.7 Å². The molecule has 0 spiro atoms. The molecule has 1 atom stereocenters. The fourth-order valence-electron chi connectivity index (χ4n) is 3.51. The van der Waals surface area contributed by atoms with E-state index in [9.17, 15) is 9.90 Å². The van der Waals surface area contributed by atoms with Gasteiger partial charge in [0.2, 0.25) is 5.91 Å². The summed E-state index contributed by atoms with van der Waals surface area (Å²) in [5.74, 6) is 0.0355. The average Bonchev–Trinajstić information content (AvgIpc) is 2.45. The Morgan fingerprint density at radius 2 is 2.09 bits per heavy atom. The summed E-state index contributed by atoms with van der Waals surface area (Å²) in [4.78, 5) is 14.3. The lowest BCUT2D eigenvalue weighted by Crippen LogP contribution is -2.46. The van der Waals surface area contributed by atoms with Crippen molar-refractivity contribution < 1.29 is 9.90 Å². The topological polar surface area (TPSA) is 52.6 Å². The van der Waals surface area contributed by atoms with E-state index < -0.39 is 0 Å². The second-order valence-corrected chi connectivity index (χ2v) is 7.33. The van der Waals surface area contributed by atoms with Crippen molar-refractivity contribution in [1.82, 2.24) is 10.2 Å². The highest BCUT2D eigenvalue weighted by Crippen LogP contribution is 2.40. The van der Waals surface area contributed by atoms with E-state index in [0.29, 0.717) is 6.54 Å². The van der Waals surface area contributed by atoms with Gasteiger partial charge < -0.3 is 10.4 Å². The number of likely N-dealkylation sites (N-methyl/N-ethyl adjacent to an activating group) is 1. The number of aliphatic hydroxyl groups is 1. The van der Waals surface area contributed by atoms with E-state index in [2.05, 4.69) is 37.4 Å². The molecule has 1 amide bonds. The summed E-state index contributed by atoms with van der Waals surface area (Å²) in [5.41, 5.74) is 3.60. The molecule has 0 saturated heterocycles. The van der Waals surface area contributed by atoms with Gasteiger partial charge in [-0.3, -0.25) is 9.69 Å². The molecule has 23 heavy (non-hydrogen) atoms. The molecule has 128 valence electrons. The van der Waals surface area contributed by atoms with E-state index in [1.807, 2.05) is 18.9 Å². The van der Waals surface area contributed by atoms with Crippen LogP contribution in [0.25, 0.3) is 0 Å². The fourth-order valence-corrected chi connectivity index (χ4v) is 3.51. The largest absolute Gasteiger partial charge is 0.396 e. The van der Waals surface area contributed by atoms with Crippen molar-refractivity contribution in [3.63, 3.8) is 0 Å². The first-order chi connectivity index (χ1) is 10.8. The van der Waals surface area contributed by atoms with Crippen molar-refractivity contribution in [2.75, 3.05) is 26.7 Å². The van der Waals surface area contributed by atoms with E-state index in [-0.39, 0.29) is 24.0 Å². The summed E-state index contributed by atoms with van der Waals surface area (Å²) in [6.07, 6.45) is 3.31. The smallest absolute Gasteiger partial charge is 0.234 e. The molecule has 1 aliphatic rings. The zero-order valence-electron chi connectivity index (χ0n) is 14.9. The van der Waals surface area contributed by atoms with Crippen molar-refractivity contribution in [1.29, 1.82) is 0 Å². The summed E-state index contributed by atoms with van der Waals surface area (Å²) in [6.45, 7) is 7.55. The van der Waals surface area contributed by atoms with Crippen LogP contribution in [-0.2, 0) is 4.79 Å². The number of amides is 1. The molecule has 4 nitrogen and oxygen atoms in total. The molecular formula is C19H30N2O2. The number of hydrogen-bond acceptors (Lipinski definition) is 3. The first-order valence-electron chi connectivity index (χ1n) is 8.51. The minimum atomic E-state index is 0.00584. The van der Waals surface area contributed by atoms with Gasteiger partial charge in [-0.25, -0.2) is 0 Å². The standard InChI is InChI=1S/C19H30N2O2/c1-14-6-7-15(2)17(10-14)16(3)20-18(23)11-21(4)12-19(13-22)8-5-9-19/h6-7,10,16,22H,5,8-9,11-13H2,1-4H3,(H,20,23)/t16-/m0/s1. The summed E-state index contributed by atoms with van der Waals surface area (Å²) in [5, 5.41) is 12.6. The van der Waals surface area contributed by atoms with Crippen molar-refractivity contribution in [3.05, 3.63) is 34.9 Å². The molecule has 1 aromatic rings. The minimum Gasteiger partial charge on any atom is -0.396 e. The first kappa shape index (κ1) is 18.0. The Morgan fingerprint density at radius 3 is 2.65 bits per heavy atom. The monoisotopic (exact) mass is 318 g/mol. The van der Waals surface area contributed by atoms with Gasteiger partial charge in [0.15, 0.2) is 0 Å². The minimum absolute atomic E-state index is 0.00584. The fraction of sp³-hybridized carbons (Fsp3) is 0.632. The van der Waals surface area contributed by atoms with Crippen LogP contribution in [0.15, 0.2) is 18.2 Å². The Kier molecular flexibility index (Phi) is 5.82. The normalized spacial score (nSPS) is 17.7. The lowest BCUT2D eigenvalue weighted by atomic mass is 9.69. The maximum atomic E-state index is 12.3. The SMILES string of the molecule is Cc1ccc(C)c([C@H](C)NC(=O)CN(C)CC2(CO)CCC2)c1. The lowest BCUT2D eigenvalue weighted by Gasteiger charge is -2.42. The lowest BCUT2D eigenvalue weighted by molar-refractivity contribution is -0.123. The highest BCUT2D eigenvalue weighted by molar-refractivity contribution is 5.78. The molecule has 0 aliphatic heterocycles. The molecular weight excluding hydrogens is 288 g/mol. The van der Waals surface area contributed by atoms with E-state index in [4.69, 9.17) is 0 Å². The van der Waals surface area contributed by atoms with E-state index >= 15 is 0 Å². The van der Waals surface area contributed by atoms with Crippen LogP contribution >= 0.6 is 0 Å². The number of aliphatic hydroxyl groups excluding tert-OH is 1. The zero-order valence-corrected chi connectivity index (χ0v) is 14.9. The number of benzene rings is 1. The van der Waals surface area contributed by atoms with Crippen molar-refractivity contribution in [2.45, 2.75) is 46.1 Å². The molecule has 2 rings (SSSR count). The Morgan fingerprint density at radius 1 is 1.39 bits per heavy atom. The predicted molar refractivity (Wildman–Crippen MR) is 93.3 cm³/mol. The van der Waals surface area contributed by atoms with Gasteiger partial charge in [-0.15, -0.1) is 0 Å². The van der Waals surface area contributed by atoms with Crippen LogP contribution in [0.3, 0.4) is 0 Å².